The van der Waals surface area contributed by atoms with Crippen molar-refractivity contribution in [3.8, 4) is 5.88 Å². The summed E-state index contributed by atoms with van der Waals surface area (Å²) in [5, 5.41) is 2.00. The van der Waals surface area contributed by atoms with Gasteiger partial charge in [0.15, 0.2) is 0 Å². The average Bonchev–Trinajstić information content (AvgIpc) is 3.59. The summed E-state index contributed by atoms with van der Waals surface area (Å²) in [7, 11) is -2.94. The number of thioether (sulfide) groups is 1. The average molecular weight is 624 g/mol. The fourth-order valence-corrected chi connectivity index (χ4v) is 6.45. The number of nitrogens with zero attached hydrogens (tertiary/aromatic N) is 2. The lowest BCUT2D eigenvalue weighted by molar-refractivity contribution is -0.158. The highest BCUT2D eigenvalue weighted by molar-refractivity contribution is 8.00. The number of carbonyl (C=O) groups is 1. The van der Waals surface area contributed by atoms with Gasteiger partial charge < -0.3 is 9.47 Å². The van der Waals surface area contributed by atoms with Crippen LogP contribution in [0.1, 0.15) is 80.8 Å². The normalized spacial score (nSPS) is 13.5. The van der Waals surface area contributed by atoms with Crippen molar-refractivity contribution < 1.29 is 22.7 Å². The molecule has 0 spiro atoms. The summed E-state index contributed by atoms with van der Waals surface area (Å²) in [4.78, 5) is 20.3. The molecule has 11 heteroatoms. The third-order valence-corrected chi connectivity index (χ3v) is 9.33. The van der Waals surface area contributed by atoms with Crippen LogP contribution in [0.15, 0.2) is 46.0 Å². The molecule has 0 atom stereocenters. The molecule has 2 heterocycles. The number of aromatic nitrogens is 2. The number of carbonyl (C=O) groups excluding carboxylic acids is 1. The minimum atomic E-state index is -2.94. The summed E-state index contributed by atoms with van der Waals surface area (Å²) in [6.07, 6.45) is 1.76. The molecular weight excluding hydrogens is 579 g/mol. The van der Waals surface area contributed by atoms with Gasteiger partial charge in [-0.25, -0.2) is 23.1 Å². The predicted octanol–water partition coefficient (Wildman–Crippen LogP) is 7.23. The van der Waals surface area contributed by atoms with Gasteiger partial charge in [-0.1, -0.05) is 32.0 Å². The topological polar surface area (TPSA) is 107 Å². The lowest BCUT2D eigenvalue weighted by atomic mass is 10.1. The lowest BCUT2D eigenvalue weighted by Crippen LogP contribution is -2.32. The van der Waals surface area contributed by atoms with Crippen LogP contribution in [0, 0.1) is 5.92 Å². The van der Waals surface area contributed by atoms with E-state index in [0.717, 1.165) is 35.3 Å². The number of ether oxygens (including phenoxy) is 2. The number of hydrogen-bond acceptors (Lipinski definition) is 9. The van der Waals surface area contributed by atoms with Gasteiger partial charge in [0.25, 0.3) is 0 Å². The largest absolute Gasteiger partial charge is 0.474 e. The van der Waals surface area contributed by atoms with E-state index in [1.165, 1.54) is 4.21 Å². The van der Waals surface area contributed by atoms with Gasteiger partial charge in [-0.15, -0.1) is 23.1 Å². The number of esters is 1. The summed E-state index contributed by atoms with van der Waals surface area (Å²) in [6, 6.07) is 12.1. The van der Waals surface area contributed by atoms with Gasteiger partial charge in [0.05, 0.1) is 32.5 Å². The Morgan fingerprint density at radius 3 is 2.07 bits per heavy atom. The summed E-state index contributed by atoms with van der Waals surface area (Å²) < 4.78 is 36.9. The van der Waals surface area contributed by atoms with Crippen molar-refractivity contribution in [3.63, 3.8) is 0 Å². The van der Waals surface area contributed by atoms with Crippen molar-refractivity contribution in [3.05, 3.63) is 47.5 Å². The van der Waals surface area contributed by atoms with Gasteiger partial charge in [0.2, 0.25) is 15.9 Å². The number of fused-ring (bicyclic) bond motifs is 1. The molecule has 4 rings (SSSR count). The van der Waals surface area contributed by atoms with Crippen molar-refractivity contribution >= 4 is 50.1 Å². The number of benzene rings is 1. The monoisotopic (exact) mass is 623 g/mol. The van der Waals surface area contributed by atoms with Crippen molar-refractivity contribution in [1.29, 1.82) is 0 Å². The van der Waals surface area contributed by atoms with Crippen LogP contribution in [-0.4, -0.2) is 47.4 Å². The van der Waals surface area contributed by atoms with E-state index in [1.807, 2.05) is 86.6 Å². The third kappa shape index (κ3) is 13.5. The van der Waals surface area contributed by atoms with Crippen molar-refractivity contribution in [2.45, 2.75) is 108 Å². The number of para-hydroxylation sites is 2. The molecule has 1 saturated carbocycles. The van der Waals surface area contributed by atoms with E-state index in [2.05, 4.69) is 27.2 Å². The highest BCUT2D eigenvalue weighted by Gasteiger charge is 2.35. The molecule has 228 valence electrons. The number of rotatable bonds is 9. The fraction of sp³-hybridized carbons (Fsp3) is 0.567. The van der Waals surface area contributed by atoms with Crippen LogP contribution >= 0.6 is 23.1 Å². The van der Waals surface area contributed by atoms with Crippen molar-refractivity contribution in [1.82, 2.24) is 14.7 Å². The van der Waals surface area contributed by atoms with Gasteiger partial charge in [-0.05, 0) is 84.9 Å². The second kappa shape index (κ2) is 15.9. The second-order valence-electron chi connectivity index (χ2n) is 11.6. The molecule has 1 aromatic carbocycles. The van der Waals surface area contributed by atoms with E-state index in [4.69, 9.17) is 14.5 Å². The molecule has 41 heavy (non-hydrogen) atoms. The molecule has 1 aliphatic rings. The van der Waals surface area contributed by atoms with Gasteiger partial charge >= 0.3 is 5.97 Å². The predicted molar refractivity (Wildman–Crippen MR) is 170 cm³/mol. The van der Waals surface area contributed by atoms with Crippen LogP contribution in [0.5, 0.6) is 5.88 Å². The zero-order valence-electron chi connectivity index (χ0n) is 25.6. The number of nitrogens with one attached hydrogen (secondary N) is 1. The van der Waals surface area contributed by atoms with Crippen molar-refractivity contribution in [2.24, 2.45) is 5.92 Å². The highest BCUT2D eigenvalue weighted by atomic mass is 32.2. The quantitative estimate of drug-likeness (QED) is 0.196. The van der Waals surface area contributed by atoms with Crippen LogP contribution in [0.2, 0.25) is 0 Å². The van der Waals surface area contributed by atoms with Gasteiger partial charge in [-0.2, -0.15) is 0 Å². The second-order valence-corrected chi connectivity index (χ2v) is 15.8. The lowest BCUT2D eigenvalue weighted by Gasteiger charge is -2.20. The summed E-state index contributed by atoms with van der Waals surface area (Å²) in [6.45, 7) is 16.9. The number of thiophene rings is 1. The Hall–Kier alpha value is -2.21. The minimum Gasteiger partial charge on any atom is -0.474 e. The first-order valence-electron chi connectivity index (χ1n) is 13.9. The molecule has 0 bridgehead atoms. The minimum absolute atomic E-state index is 0.0285. The summed E-state index contributed by atoms with van der Waals surface area (Å²) in [5.74, 6) is 1.25. The third-order valence-electron chi connectivity index (χ3n) is 5.04. The first-order chi connectivity index (χ1) is 19.1. The molecule has 0 aliphatic heterocycles. The zero-order chi connectivity index (χ0) is 30.8. The van der Waals surface area contributed by atoms with Gasteiger partial charge in [0.1, 0.15) is 11.3 Å². The Balaban J connectivity index is 0.000000247. The maximum absolute atomic E-state index is 11.1. The Morgan fingerprint density at radius 1 is 1.02 bits per heavy atom. The van der Waals surface area contributed by atoms with Crippen LogP contribution in [0.4, 0.5) is 0 Å². The SMILES string of the molecule is CC(C)C(=O)OC(C)(C)C.CC(C)NS(=O)(=O)C1CC1.CC(C)Oc1nc2ccccc2nc1CSc1cccs1. The molecule has 0 unspecified atom stereocenters. The maximum Gasteiger partial charge on any atom is 0.308 e. The van der Waals surface area contributed by atoms with E-state index in [-0.39, 0.29) is 34.9 Å². The molecule has 1 aliphatic carbocycles. The van der Waals surface area contributed by atoms with Crippen LogP contribution in [-0.2, 0) is 25.3 Å². The smallest absolute Gasteiger partial charge is 0.308 e. The zero-order valence-corrected chi connectivity index (χ0v) is 28.1. The molecule has 0 saturated heterocycles. The van der Waals surface area contributed by atoms with Crippen LogP contribution in [0.25, 0.3) is 11.0 Å². The van der Waals surface area contributed by atoms with E-state index in [9.17, 15) is 13.2 Å². The number of sulfonamides is 1. The van der Waals surface area contributed by atoms with Gasteiger partial charge in [-0.3, -0.25) is 4.79 Å². The molecule has 0 amide bonds. The Labute approximate surface area is 254 Å². The van der Waals surface area contributed by atoms with Crippen LogP contribution < -0.4 is 9.46 Å². The molecule has 3 aromatic rings. The first kappa shape index (κ1) is 35.0. The summed E-state index contributed by atoms with van der Waals surface area (Å²) >= 11 is 3.51. The molecular formula is C30H45N3O5S3. The van der Waals surface area contributed by atoms with E-state index in [1.54, 1.807) is 23.1 Å². The van der Waals surface area contributed by atoms with Crippen molar-refractivity contribution in [2.75, 3.05) is 0 Å². The molecule has 2 aromatic heterocycles. The molecule has 1 N–H and O–H groups in total. The summed E-state index contributed by atoms with van der Waals surface area (Å²) in [5.41, 5.74) is 2.34. The molecule has 1 fully saturated rings. The van der Waals surface area contributed by atoms with Crippen LogP contribution in [0.3, 0.4) is 0 Å². The molecule has 0 radical (unpaired) electrons. The van der Waals surface area contributed by atoms with E-state index >= 15 is 0 Å². The Kier molecular flexibility index (Phi) is 13.5. The molecule has 8 nitrogen and oxygen atoms in total. The van der Waals surface area contributed by atoms with E-state index in [0.29, 0.717) is 5.88 Å². The van der Waals surface area contributed by atoms with E-state index < -0.39 is 10.0 Å². The Morgan fingerprint density at radius 2 is 1.63 bits per heavy atom. The Bertz CT molecular complexity index is 1330. The first-order valence-corrected chi connectivity index (χ1v) is 17.3. The number of hydrogen-bond donors (Lipinski definition) is 1. The maximum atomic E-state index is 11.1. The standard InChI is InChI=1S/C16H16N2OS2.C8H16O2.C6H13NO2S/c1-11(2)19-16-14(10-21-15-8-5-9-20-15)17-12-6-3-4-7-13(12)18-16;1-6(2)7(9)10-8(3,4)5;1-5(2)7-10(8,9)6-3-4-6/h3-9,11H,10H2,1-2H3;6H,1-5H3;5-7H,3-4H2,1-2H3. The van der Waals surface area contributed by atoms with Gasteiger partial charge in [0, 0.05) is 11.8 Å². The fourth-order valence-electron chi connectivity index (χ4n) is 3.14. The highest BCUT2D eigenvalue weighted by Crippen LogP contribution is 2.30.